The number of rotatable bonds is 2. The molecule has 0 fully saturated rings. The van der Waals surface area contributed by atoms with E-state index in [-0.39, 0.29) is 11.4 Å². The molecule has 4 rings (SSSR count). The molecular formula is C19H11NO4. The van der Waals surface area contributed by atoms with Gasteiger partial charge in [0.25, 0.3) is 0 Å². The van der Waals surface area contributed by atoms with Crippen molar-refractivity contribution < 1.29 is 13.9 Å². The summed E-state index contributed by atoms with van der Waals surface area (Å²) >= 11 is 0. The van der Waals surface area contributed by atoms with E-state index in [1.165, 1.54) is 6.07 Å². The van der Waals surface area contributed by atoms with Crippen LogP contribution in [0.15, 0.2) is 76.1 Å². The first-order valence-corrected chi connectivity index (χ1v) is 7.31. The topological polar surface area (TPSA) is 69.4 Å². The fourth-order valence-electron chi connectivity index (χ4n) is 2.52. The lowest BCUT2D eigenvalue weighted by Crippen LogP contribution is -2.19. The zero-order chi connectivity index (χ0) is 16.5. The van der Waals surface area contributed by atoms with Crippen LogP contribution in [0.1, 0.15) is 10.4 Å². The highest BCUT2D eigenvalue weighted by molar-refractivity contribution is 5.96. The molecule has 2 aromatic heterocycles. The Balaban J connectivity index is 1.76. The molecule has 0 atom stereocenters. The van der Waals surface area contributed by atoms with Crippen LogP contribution in [0.4, 0.5) is 0 Å². The molecule has 4 aromatic rings. The van der Waals surface area contributed by atoms with Gasteiger partial charge in [0, 0.05) is 17.0 Å². The normalized spacial score (nSPS) is 10.8. The number of esters is 1. The highest BCUT2D eigenvalue weighted by Gasteiger charge is 2.17. The minimum Gasteiger partial charge on any atom is -0.422 e. The molecule has 0 radical (unpaired) electrons. The Morgan fingerprint density at radius 3 is 2.58 bits per heavy atom. The van der Waals surface area contributed by atoms with Gasteiger partial charge in [0.2, 0.25) is 5.88 Å². The van der Waals surface area contributed by atoms with Crippen molar-refractivity contribution in [3.8, 4) is 5.88 Å². The maximum absolute atomic E-state index is 12.4. The summed E-state index contributed by atoms with van der Waals surface area (Å²) in [4.78, 5) is 28.5. The molecule has 24 heavy (non-hydrogen) atoms. The van der Waals surface area contributed by atoms with Crippen molar-refractivity contribution in [3.05, 3.63) is 82.8 Å². The number of hydrogen-bond donors (Lipinski definition) is 0. The second-order valence-corrected chi connectivity index (χ2v) is 5.21. The van der Waals surface area contributed by atoms with Crippen LogP contribution in [0.5, 0.6) is 5.88 Å². The summed E-state index contributed by atoms with van der Waals surface area (Å²) in [6, 6.07) is 17.6. The van der Waals surface area contributed by atoms with Crippen LogP contribution in [0.2, 0.25) is 0 Å². The van der Waals surface area contributed by atoms with Crippen molar-refractivity contribution in [1.82, 2.24) is 4.98 Å². The first-order chi connectivity index (χ1) is 11.7. The van der Waals surface area contributed by atoms with Crippen molar-refractivity contribution >= 4 is 27.7 Å². The lowest BCUT2D eigenvalue weighted by atomic mass is 10.1. The van der Waals surface area contributed by atoms with E-state index in [4.69, 9.17) is 9.15 Å². The van der Waals surface area contributed by atoms with Crippen LogP contribution in [0.25, 0.3) is 21.7 Å². The standard InChI is InChI=1S/C19H11NO4/c21-18-15(11-13-6-2-4-8-16(13)23-18)19(22)24-17-14-7-3-1-5-12(14)9-10-20-17/h1-11H. The molecule has 0 bridgehead atoms. The van der Waals surface area contributed by atoms with Gasteiger partial charge in [-0.1, -0.05) is 36.4 Å². The predicted molar refractivity (Wildman–Crippen MR) is 89.2 cm³/mol. The molecule has 0 aliphatic heterocycles. The van der Waals surface area contributed by atoms with Gasteiger partial charge >= 0.3 is 11.6 Å². The van der Waals surface area contributed by atoms with Gasteiger partial charge in [0.05, 0.1) is 0 Å². The van der Waals surface area contributed by atoms with E-state index in [9.17, 15) is 9.59 Å². The minimum absolute atomic E-state index is 0.158. The van der Waals surface area contributed by atoms with Gasteiger partial charge in [-0.25, -0.2) is 14.6 Å². The summed E-state index contributed by atoms with van der Waals surface area (Å²) in [5, 5.41) is 2.23. The monoisotopic (exact) mass is 317 g/mol. The quantitative estimate of drug-likeness (QED) is 0.417. The van der Waals surface area contributed by atoms with E-state index < -0.39 is 11.6 Å². The highest BCUT2D eigenvalue weighted by Crippen LogP contribution is 2.23. The van der Waals surface area contributed by atoms with Crippen LogP contribution in [-0.4, -0.2) is 11.0 Å². The molecule has 0 saturated carbocycles. The maximum Gasteiger partial charge on any atom is 0.352 e. The van der Waals surface area contributed by atoms with E-state index in [2.05, 4.69) is 4.98 Å². The number of fused-ring (bicyclic) bond motifs is 2. The molecule has 5 nitrogen and oxygen atoms in total. The van der Waals surface area contributed by atoms with Gasteiger partial charge in [0.1, 0.15) is 11.1 Å². The number of pyridine rings is 1. The Kier molecular flexibility index (Phi) is 3.31. The van der Waals surface area contributed by atoms with Gasteiger partial charge in [0.15, 0.2) is 0 Å². The lowest BCUT2D eigenvalue weighted by molar-refractivity contribution is 0.0726. The van der Waals surface area contributed by atoms with Crippen LogP contribution in [0.3, 0.4) is 0 Å². The van der Waals surface area contributed by atoms with Gasteiger partial charge in [-0.3, -0.25) is 0 Å². The molecular weight excluding hydrogens is 306 g/mol. The summed E-state index contributed by atoms with van der Waals surface area (Å²) in [5.74, 6) is -0.635. The predicted octanol–water partition coefficient (Wildman–Crippen LogP) is 3.56. The van der Waals surface area contributed by atoms with Crippen molar-refractivity contribution in [2.45, 2.75) is 0 Å². The number of ether oxygens (including phenoxy) is 1. The van der Waals surface area contributed by atoms with E-state index in [1.807, 2.05) is 24.3 Å². The fraction of sp³-hybridized carbons (Fsp3) is 0. The summed E-state index contributed by atoms with van der Waals surface area (Å²) < 4.78 is 10.5. The number of benzene rings is 2. The van der Waals surface area contributed by atoms with Crippen molar-refractivity contribution in [2.24, 2.45) is 0 Å². The molecule has 0 aliphatic carbocycles. The third-order valence-corrected chi connectivity index (χ3v) is 3.69. The van der Waals surface area contributed by atoms with Gasteiger partial charge < -0.3 is 9.15 Å². The highest BCUT2D eigenvalue weighted by atomic mass is 16.5. The number of hydrogen-bond acceptors (Lipinski definition) is 5. The van der Waals surface area contributed by atoms with Crippen molar-refractivity contribution in [3.63, 3.8) is 0 Å². The summed E-state index contributed by atoms with van der Waals surface area (Å²) in [5.41, 5.74) is -0.482. The number of carbonyl (C=O) groups is 1. The van der Waals surface area contributed by atoms with Crippen LogP contribution in [-0.2, 0) is 0 Å². The zero-order valence-corrected chi connectivity index (χ0v) is 12.4. The van der Waals surface area contributed by atoms with E-state index in [0.29, 0.717) is 16.4 Å². The largest absolute Gasteiger partial charge is 0.422 e. The maximum atomic E-state index is 12.4. The third kappa shape index (κ3) is 2.42. The minimum atomic E-state index is -0.793. The molecule has 0 spiro atoms. The number of para-hydroxylation sites is 1. The molecule has 0 aliphatic rings. The Labute approximate surface area is 136 Å². The van der Waals surface area contributed by atoms with Crippen molar-refractivity contribution in [1.29, 1.82) is 0 Å². The summed E-state index contributed by atoms with van der Waals surface area (Å²) in [7, 11) is 0. The van der Waals surface area contributed by atoms with E-state index in [0.717, 1.165) is 5.39 Å². The molecule has 5 heteroatoms. The molecule has 2 aromatic carbocycles. The first-order valence-electron chi connectivity index (χ1n) is 7.31. The molecule has 2 heterocycles. The smallest absolute Gasteiger partial charge is 0.352 e. The second kappa shape index (κ2) is 5.62. The number of aromatic nitrogens is 1. The lowest BCUT2D eigenvalue weighted by Gasteiger charge is -2.06. The Morgan fingerprint density at radius 1 is 0.958 bits per heavy atom. The van der Waals surface area contributed by atoms with Crippen LogP contribution >= 0.6 is 0 Å². The second-order valence-electron chi connectivity index (χ2n) is 5.21. The number of carbonyl (C=O) groups excluding carboxylic acids is 1. The fourth-order valence-corrected chi connectivity index (χ4v) is 2.52. The van der Waals surface area contributed by atoms with Gasteiger partial charge in [-0.05, 0) is 29.7 Å². The Morgan fingerprint density at radius 2 is 1.71 bits per heavy atom. The molecule has 0 saturated heterocycles. The average Bonchev–Trinajstić information content (AvgIpc) is 2.61. The SMILES string of the molecule is O=C(Oc1nccc2ccccc12)c1cc2ccccc2oc1=O. The molecule has 116 valence electrons. The third-order valence-electron chi connectivity index (χ3n) is 3.69. The average molecular weight is 317 g/mol. The molecule has 0 unspecified atom stereocenters. The first kappa shape index (κ1) is 14.1. The number of nitrogens with zero attached hydrogens (tertiary/aromatic N) is 1. The van der Waals surface area contributed by atoms with E-state index in [1.54, 1.807) is 36.5 Å². The molecule has 0 N–H and O–H groups in total. The van der Waals surface area contributed by atoms with Gasteiger partial charge in [-0.2, -0.15) is 0 Å². The summed E-state index contributed by atoms with van der Waals surface area (Å²) in [6.45, 7) is 0. The van der Waals surface area contributed by atoms with E-state index >= 15 is 0 Å². The van der Waals surface area contributed by atoms with Crippen molar-refractivity contribution in [2.75, 3.05) is 0 Å². The van der Waals surface area contributed by atoms with Crippen LogP contribution < -0.4 is 10.4 Å². The summed E-state index contributed by atoms with van der Waals surface area (Å²) in [6.07, 6.45) is 1.55. The Hall–Kier alpha value is -3.47. The molecule has 0 amide bonds. The van der Waals surface area contributed by atoms with Gasteiger partial charge in [-0.15, -0.1) is 0 Å². The zero-order valence-electron chi connectivity index (χ0n) is 12.4. The van der Waals surface area contributed by atoms with Crippen LogP contribution in [0, 0.1) is 0 Å². The Bertz CT molecular complexity index is 1130.